The molecule has 2 aromatic rings. The van der Waals surface area contributed by atoms with Crippen molar-refractivity contribution in [2.45, 2.75) is 46.3 Å². The molecule has 39 heavy (non-hydrogen) atoms. The Morgan fingerprint density at radius 1 is 1.00 bits per heavy atom. The number of fused-ring (bicyclic) bond motifs is 1. The Kier molecular flexibility index (Phi) is 9.20. The number of aryl methyl sites for hydroxylation is 1. The van der Waals surface area contributed by atoms with Crippen molar-refractivity contribution >= 4 is 37.7 Å². The number of hydrogen-bond acceptors (Lipinski definition) is 9. The lowest BCUT2D eigenvalue weighted by molar-refractivity contribution is -0.707. The lowest BCUT2D eigenvalue weighted by Crippen LogP contribution is -2.38. The molecule has 0 fully saturated rings. The maximum atomic E-state index is 13.4. The Balaban J connectivity index is 1.97. The van der Waals surface area contributed by atoms with Gasteiger partial charge in [0.25, 0.3) is 0 Å². The molecular weight excluding hydrogens is 563 g/mol. The zero-order valence-corrected chi connectivity index (χ0v) is 23.2. The Labute approximate surface area is 225 Å². The van der Waals surface area contributed by atoms with Gasteiger partial charge in [-0.2, -0.15) is 17.7 Å². The van der Waals surface area contributed by atoms with Crippen molar-refractivity contribution in [1.82, 2.24) is 0 Å². The average molecular weight is 593 g/mol. The fourth-order valence-electron chi connectivity index (χ4n) is 4.34. The fraction of sp³-hybridized carbons (Fsp3) is 0.458. The third-order valence-electron chi connectivity index (χ3n) is 6.23. The summed E-state index contributed by atoms with van der Waals surface area (Å²) in [6, 6.07) is 3.31. The second-order valence-corrected chi connectivity index (χ2v) is 12.0. The lowest BCUT2D eigenvalue weighted by atomic mass is 10.1. The van der Waals surface area contributed by atoms with Crippen molar-refractivity contribution in [3.8, 4) is 0 Å². The van der Waals surface area contributed by atoms with Crippen LogP contribution in [0.5, 0.6) is 0 Å². The zero-order valence-electron chi connectivity index (χ0n) is 21.6. The van der Waals surface area contributed by atoms with E-state index in [4.69, 9.17) is 4.42 Å². The molecule has 1 aromatic carbocycles. The van der Waals surface area contributed by atoms with E-state index in [2.05, 4.69) is 0 Å². The van der Waals surface area contributed by atoms with Gasteiger partial charge in [0.15, 0.2) is 12.3 Å². The van der Waals surface area contributed by atoms with E-state index in [1.807, 2.05) is 6.92 Å². The summed E-state index contributed by atoms with van der Waals surface area (Å²) in [5.74, 6) is 0.212. The first-order valence-corrected chi connectivity index (χ1v) is 15.2. The van der Waals surface area contributed by atoms with E-state index in [1.165, 1.54) is 11.0 Å². The number of aromatic nitrogens is 1. The van der Waals surface area contributed by atoms with Crippen LogP contribution in [0.15, 0.2) is 40.6 Å². The van der Waals surface area contributed by atoms with Crippen molar-refractivity contribution in [3.05, 3.63) is 59.1 Å². The monoisotopic (exact) mass is 592 g/mol. The summed E-state index contributed by atoms with van der Waals surface area (Å²) in [4.78, 5) is 3.30. The third-order valence-corrected chi connectivity index (χ3v) is 7.81. The van der Waals surface area contributed by atoms with Crippen LogP contribution in [0.25, 0.3) is 6.08 Å². The zero-order chi connectivity index (χ0) is 29.2. The minimum Gasteiger partial charge on any atom is -0.748 e. The Hall–Kier alpha value is -2.88. The number of hydrogen-bond donors (Lipinski definition) is 0. The third kappa shape index (κ3) is 7.84. The number of benzene rings is 1. The van der Waals surface area contributed by atoms with E-state index in [-0.39, 0.29) is 31.6 Å². The number of alkyl halides is 3. The number of halogens is 3. The van der Waals surface area contributed by atoms with Gasteiger partial charge in [-0.25, -0.2) is 16.8 Å². The summed E-state index contributed by atoms with van der Waals surface area (Å²) in [7, 11) is -8.89. The highest BCUT2D eigenvalue weighted by Gasteiger charge is 2.36. The summed E-state index contributed by atoms with van der Waals surface area (Å²) >= 11 is 0. The van der Waals surface area contributed by atoms with Crippen molar-refractivity contribution in [2.75, 3.05) is 34.4 Å². The molecule has 0 unspecified atom stereocenters. The minimum atomic E-state index is -4.59. The number of nitrogens with zero attached hydrogens (tertiary/aromatic N) is 3. The molecule has 0 aliphatic carbocycles. The number of anilines is 2. The van der Waals surface area contributed by atoms with Crippen LogP contribution in [0.4, 0.5) is 24.5 Å². The van der Waals surface area contributed by atoms with E-state index >= 15 is 0 Å². The van der Waals surface area contributed by atoms with E-state index in [0.717, 1.165) is 17.8 Å². The van der Waals surface area contributed by atoms with Crippen LogP contribution in [0.1, 0.15) is 42.7 Å². The van der Waals surface area contributed by atoms with Crippen LogP contribution in [0.3, 0.4) is 0 Å². The summed E-state index contributed by atoms with van der Waals surface area (Å²) in [5, 5.41) is 0. The largest absolute Gasteiger partial charge is 0.748 e. The van der Waals surface area contributed by atoms with Crippen molar-refractivity contribution in [3.63, 3.8) is 0 Å². The maximum Gasteiger partial charge on any atom is 0.416 e. The molecule has 0 saturated heterocycles. The molecule has 1 aromatic heterocycles. The summed E-state index contributed by atoms with van der Waals surface area (Å²) in [5.41, 5.74) is 0.592. The molecule has 0 amide bonds. The lowest BCUT2D eigenvalue weighted by Gasteiger charge is -2.24. The van der Waals surface area contributed by atoms with E-state index < -0.39 is 43.5 Å². The van der Waals surface area contributed by atoms with Crippen LogP contribution in [0, 0.1) is 13.8 Å². The minimum absolute atomic E-state index is 0.0193. The normalized spacial score (nSPS) is 15.6. The maximum absolute atomic E-state index is 13.4. The van der Waals surface area contributed by atoms with Gasteiger partial charge in [-0.3, -0.25) is 0 Å². The van der Waals surface area contributed by atoms with Crippen LogP contribution >= 0.6 is 0 Å². The SMILES string of the molecule is CCN1/C(=C\C=Cc2oc(C)c(C)[n+]2CCCS(=O)(=O)[O-])N(CCCS(=O)(=O)[O-])c2cc(C(F)(F)F)ccc21. The first-order valence-electron chi connectivity index (χ1n) is 12.0. The number of oxazole rings is 1. The molecule has 1 aliphatic rings. The quantitative estimate of drug-likeness (QED) is 0.284. The molecule has 15 heteroatoms. The second kappa shape index (κ2) is 11.7. The van der Waals surface area contributed by atoms with Gasteiger partial charge >= 0.3 is 12.1 Å². The van der Waals surface area contributed by atoms with Crippen LogP contribution in [-0.4, -0.2) is 50.5 Å². The van der Waals surface area contributed by atoms with Gasteiger partial charge in [0.2, 0.25) is 5.69 Å². The predicted octanol–water partition coefficient (Wildman–Crippen LogP) is 3.27. The van der Waals surface area contributed by atoms with Gasteiger partial charge in [-0.1, -0.05) is 0 Å². The molecule has 3 rings (SSSR count). The van der Waals surface area contributed by atoms with E-state index in [1.54, 1.807) is 41.5 Å². The molecule has 1 aliphatic heterocycles. The van der Waals surface area contributed by atoms with Crippen LogP contribution < -0.4 is 14.4 Å². The summed E-state index contributed by atoms with van der Waals surface area (Å²) < 4.78 is 114. The molecule has 216 valence electrons. The first-order chi connectivity index (χ1) is 18.0. The van der Waals surface area contributed by atoms with Crippen molar-refractivity contribution in [1.29, 1.82) is 0 Å². The molecule has 0 atom stereocenters. The molecule has 2 heterocycles. The molecule has 0 saturated carbocycles. The van der Waals surface area contributed by atoms with Gasteiger partial charge in [0.05, 0.1) is 43.3 Å². The molecule has 0 N–H and O–H groups in total. The van der Waals surface area contributed by atoms with E-state index in [9.17, 15) is 39.1 Å². The van der Waals surface area contributed by atoms with Crippen LogP contribution in [0.2, 0.25) is 0 Å². The average Bonchev–Trinajstić information content (AvgIpc) is 3.24. The van der Waals surface area contributed by atoms with Gasteiger partial charge in [-0.05, 0) is 43.7 Å². The van der Waals surface area contributed by atoms with E-state index in [0.29, 0.717) is 29.7 Å². The van der Waals surface area contributed by atoms with Gasteiger partial charge in [-0.15, -0.1) is 0 Å². The predicted molar refractivity (Wildman–Crippen MR) is 136 cm³/mol. The first kappa shape index (κ1) is 30.7. The second-order valence-electron chi connectivity index (χ2n) is 8.95. The van der Waals surface area contributed by atoms with Gasteiger partial charge in [0, 0.05) is 44.9 Å². The summed E-state index contributed by atoms with van der Waals surface area (Å²) in [6.45, 7) is 5.89. The van der Waals surface area contributed by atoms with Crippen molar-refractivity contribution < 1.29 is 48.1 Å². The Morgan fingerprint density at radius 2 is 1.64 bits per heavy atom. The smallest absolute Gasteiger partial charge is 0.416 e. The highest BCUT2D eigenvalue weighted by Crippen LogP contribution is 2.44. The Bertz CT molecular complexity index is 1480. The molecule has 0 bridgehead atoms. The fourth-order valence-corrected chi connectivity index (χ4v) is 5.31. The van der Waals surface area contributed by atoms with Crippen LogP contribution in [-0.2, 0) is 33.0 Å². The highest BCUT2D eigenvalue weighted by atomic mass is 32.2. The summed E-state index contributed by atoms with van der Waals surface area (Å²) in [6.07, 6.45) is 0.217. The standard InChI is InChI=1S/C24H30F3N3O7S2/c1-4-28-20-11-10-19(24(25,26)27)16-21(20)30(13-7-15-39(34,35)36)22(28)8-5-9-23-29(17(2)18(3)37-23)12-6-14-38(31,32)33/h5,8-11,16H,4,6-7,12-15H2,1-3H3,(H-,31,32,33,34,35,36)/p-1. The van der Waals surface area contributed by atoms with Gasteiger partial charge < -0.3 is 23.3 Å². The molecule has 0 spiro atoms. The number of rotatable bonds is 11. The number of allylic oxidation sites excluding steroid dienone is 2. The topological polar surface area (TPSA) is 138 Å². The van der Waals surface area contributed by atoms with Crippen molar-refractivity contribution in [2.24, 2.45) is 0 Å². The molecule has 0 radical (unpaired) electrons. The molecule has 10 nitrogen and oxygen atoms in total. The molecular formula is C24H29F3N3O7S2-. The van der Waals surface area contributed by atoms with Gasteiger partial charge in [0.1, 0.15) is 5.82 Å². The highest BCUT2D eigenvalue weighted by molar-refractivity contribution is 7.85. The Morgan fingerprint density at radius 3 is 2.23 bits per heavy atom.